The molecule has 5 amide bonds. The molecule has 9 heteroatoms. The van der Waals surface area contributed by atoms with Crippen LogP contribution in [0.4, 0.5) is 16.2 Å². The average molecular weight is 436 g/mol. The number of urea groups is 1. The van der Waals surface area contributed by atoms with E-state index in [9.17, 15) is 19.2 Å². The van der Waals surface area contributed by atoms with E-state index in [1.54, 1.807) is 55.6 Å². The summed E-state index contributed by atoms with van der Waals surface area (Å²) in [6, 6.07) is 12.8. The Hall–Kier alpha value is -3.88. The van der Waals surface area contributed by atoms with Crippen LogP contribution in [0.5, 0.6) is 5.75 Å². The van der Waals surface area contributed by atoms with Crippen molar-refractivity contribution in [1.29, 1.82) is 0 Å². The lowest BCUT2D eigenvalue weighted by Gasteiger charge is -2.19. The monoisotopic (exact) mass is 436 g/mol. The van der Waals surface area contributed by atoms with Gasteiger partial charge in [0.05, 0.1) is 7.11 Å². The van der Waals surface area contributed by atoms with E-state index in [1.165, 1.54) is 0 Å². The molecule has 0 unspecified atom stereocenters. The molecule has 1 aliphatic heterocycles. The van der Waals surface area contributed by atoms with Crippen LogP contribution >= 0.6 is 0 Å². The quantitative estimate of drug-likeness (QED) is 0.602. The molecule has 0 aromatic heterocycles. The first-order valence-electron chi connectivity index (χ1n) is 10.4. The summed E-state index contributed by atoms with van der Waals surface area (Å²) in [7, 11) is 1.57. The van der Waals surface area contributed by atoms with Crippen molar-refractivity contribution in [3.8, 4) is 5.75 Å². The van der Waals surface area contributed by atoms with Gasteiger partial charge in [0.2, 0.25) is 5.91 Å². The highest BCUT2D eigenvalue weighted by atomic mass is 16.5. The molecule has 2 aromatic rings. The van der Waals surface area contributed by atoms with Gasteiger partial charge in [-0.25, -0.2) is 4.79 Å². The number of nitrogens with zero attached hydrogens (tertiary/aromatic N) is 1. The molecular formula is C23H24N4O5. The Labute approximate surface area is 185 Å². The Kier molecular flexibility index (Phi) is 5.81. The number of anilines is 2. The van der Waals surface area contributed by atoms with Gasteiger partial charge >= 0.3 is 6.03 Å². The van der Waals surface area contributed by atoms with E-state index < -0.39 is 17.5 Å². The van der Waals surface area contributed by atoms with Crippen LogP contribution in [0.3, 0.4) is 0 Å². The number of hydrogen-bond acceptors (Lipinski definition) is 5. The van der Waals surface area contributed by atoms with Crippen LogP contribution in [0.2, 0.25) is 0 Å². The molecule has 1 saturated carbocycles. The van der Waals surface area contributed by atoms with Gasteiger partial charge < -0.3 is 20.7 Å². The van der Waals surface area contributed by atoms with Gasteiger partial charge in [0.1, 0.15) is 17.8 Å². The Morgan fingerprint density at radius 1 is 0.969 bits per heavy atom. The molecule has 2 fully saturated rings. The van der Waals surface area contributed by atoms with Crippen molar-refractivity contribution in [1.82, 2.24) is 10.2 Å². The van der Waals surface area contributed by atoms with Crippen molar-refractivity contribution in [2.75, 3.05) is 24.3 Å². The molecule has 166 valence electrons. The highest BCUT2D eigenvalue weighted by molar-refractivity contribution is 6.10. The number of ether oxygens (including phenoxy) is 1. The first kappa shape index (κ1) is 21.4. The van der Waals surface area contributed by atoms with Crippen molar-refractivity contribution in [3.63, 3.8) is 0 Å². The summed E-state index contributed by atoms with van der Waals surface area (Å²) in [6.45, 7) is -0.355. The van der Waals surface area contributed by atoms with Gasteiger partial charge in [-0.15, -0.1) is 0 Å². The smallest absolute Gasteiger partial charge is 0.325 e. The van der Waals surface area contributed by atoms with Crippen molar-refractivity contribution >= 4 is 35.1 Å². The largest absolute Gasteiger partial charge is 0.497 e. The summed E-state index contributed by atoms with van der Waals surface area (Å²) in [5.41, 5.74) is 0.660. The Balaban J connectivity index is 1.33. The highest BCUT2D eigenvalue weighted by Gasteiger charge is 2.52. The maximum atomic E-state index is 12.6. The van der Waals surface area contributed by atoms with Crippen LogP contribution in [-0.4, -0.2) is 47.8 Å². The number of benzene rings is 2. The summed E-state index contributed by atoms with van der Waals surface area (Å²) in [5.74, 6) is -0.427. The second-order valence-corrected chi connectivity index (χ2v) is 7.92. The van der Waals surface area contributed by atoms with Gasteiger partial charge in [-0.05, 0) is 61.4 Å². The van der Waals surface area contributed by atoms with E-state index in [-0.39, 0.29) is 18.4 Å². The van der Waals surface area contributed by atoms with Gasteiger partial charge in [-0.1, -0.05) is 12.8 Å². The summed E-state index contributed by atoms with van der Waals surface area (Å²) in [6.07, 6.45) is 2.97. The maximum Gasteiger partial charge on any atom is 0.325 e. The van der Waals surface area contributed by atoms with E-state index in [0.717, 1.165) is 17.7 Å². The van der Waals surface area contributed by atoms with Crippen molar-refractivity contribution in [2.24, 2.45) is 0 Å². The molecule has 4 rings (SSSR count). The fraction of sp³-hybridized carbons (Fsp3) is 0.304. The highest BCUT2D eigenvalue weighted by Crippen LogP contribution is 2.34. The molecular weight excluding hydrogens is 412 g/mol. The number of carbonyl (C=O) groups excluding carboxylic acids is 4. The van der Waals surface area contributed by atoms with Crippen LogP contribution in [0.1, 0.15) is 36.0 Å². The van der Waals surface area contributed by atoms with Crippen LogP contribution in [-0.2, 0) is 9.59 Å². The average Bonchev–Trinajstić information content (AvgIpc) is 3.35. The van der Waals surface area contributed by atoms with E-state index >= 15 is 0 Å². The molecule has 32 heavy (non-hydrogen) atoms. The fourth-order valence-corrected chi connectivity index (χ4v) is 4.06. The number of hydrogen-bond donors (Lipinski definition) is 3. The zero-order valence-corrected chi connectivity index (χ0v) is 17.6. The Morgan fingerprint density at radius 2 is 1.56 bits per heavy atom. The first-order chi connectivity index (χ1) is 15.4. The molecule has 1 saturated heterocycles. The SMILES string of the molecule is COc1ccc(NC(=O)c2ccc(NC(=O)CN3C(=O)NC4(CCCC4)C3=O)cc2)cc1. The number of imide groups is 1. The van der Waals surface area contributed by atoms with Gasteiger partial charge in [-0.3, -0.25) is 19.3 Å². The third-order valence-electron chi connectivity index (χ3n) is 5.78. The second kappa shape index (κ2) is 8.70. The number of methoxy groups -OCH3 is 1. The van der Waals surface area contributed by atoms with E-state index in [4.69, 9.17) is 4.74 Å². The summed E-state index contributed by atoms with van der Waals surface area (Å²) < 4.78 is 5.09. The van der Waals surface area contributed by atoms with Gasteiger partial charge in [0.15, 0.2) is 0 Å². The standard InChI is InChI=1S/C23H24N4O5/c1-32-18-10-8-17(9-11-18)25-20(29)15-4-6-16(7-5-15)24-19(28)14-27-21(30)23(26-22(27)31)12-2-3-13-23/h4-11H,2-3,12-14H2,1H3,(H,24,28)(H,25,29)(H,26,31). The van der Waals surface area contributed by atoms with Gasteiger partial charge in [-0.2, -0.15) is 0 Å². The van der Waals surface area contributed by atoms with Crippen molar-refractivity contribution in [2.45, 2.75) is 31.2 Å². The number of rotatable bonds is 6. The van der Waals surface area contributed by atoms with Crippen LogP contribution in [0.15, 0.2) is 48.5 Å². The summed E-state index contributed by atoms with van der Waals surface area (Å²) in [4.78, 5) is 50.6. The molecule has 1 aliphatic carbocycles. The minimum Gasteiger partial charge on any atom is -0.497 e. The predicted molar refractivity (Wildman–Crippen MR) is 117 cm³/mol. The molecule has 0 bridgehead atoms. The molecule has 2 aromatic carbocycles. The first-order valence-corrected chi connectivity index (χ1v) is 10.4. The molecule has 1 spiro atoms. The zero-order chi connectivity index (χ0) is 22.7. The van der Waals surface area contributed by atoms with E-state index in [2.05, 4.69) is 16.0 Å². The van der Waals surface area contributed by atoms with Crippen LogP contribution in [0.25, 0.3) is 0 Å². The van der Waals surface area contributed by atoms with Gasteiger partial charge in [0.25, 0.3) is 11.8 Å². The second-order valence-electron chi connectivity index (χ2n) is 7.92. The van der Waals surface area contributed by atoms with Crippen molar-refractivity contribution < 1.29 is 23.9 Å². The van der Waals surface area contributed by atoms with Crippen LogP contribution in [0, 0.1) is 0 Å². The molecule has 9 nitrogen and oxygen atoms in total. The van der Waals surface area contributed by atoms with Crippen molar-refractivity contribution in [3.05, 3.63) is 54.1 Å². The lowest BCUT2D eigenvalue weighted by atomic mass is 9.98. The molecule has 0 atom stereocenters. The topological polar surface area (TPSA) is 117 Å². The Bertz CT molecular complexity index is 1040. The molecule has 3 N–H and O–H groups in total. The lowest BCUT2D eigenvalue weighted by molar-refractivity contribution is -0.133. The number of amides is 5. The van der Waals surface area contributed by atoms with Gasteiger partial charge in [0, 0.05) is 16.9 Å². The summed E-state index contributed by atoms with van der Waals surface area (Å²) >= 11 is 0. The summed E-state index contributed by atoms with van der Waals surface area (Å²) in [5, 5.41) is 8.19. The maximum absolute atomic E-state index is 12.6. The third-order valence-corrected chi connectivity index (χ3v) is 5.78. The normalized spacial score (nSPS) is 16.7. The predicted octanol–water partition coefficient (Wildman–Crippen LogP) is 2.75. The fourth-order valence-electron chi connectivity index (χ4n) is 4.06. The zero-order valence-electron chi connectivity index (χ0n) is 17.6. The minimum atomic E-state index is -0.837. The number of carbonyl (C=O) groups is 4. The molecule has 2 aliphatic rings. The van der Waals surface area contributed by atoms with Crippen LogP contribution < -0.4 is 20.7 Å². The third kappa shape index (κ3) is 4.27. The molecule has 0 radical (unpaired) electrons. The Morgan fingerprint density at radius 3 is 2.19 bits per heavy atom. The molecule has 1 heterocycles. The lowest BCUT2D eigenvalue weighted by Crippen LogP contribution is -2.44. The minimum absolute atomic E-state index is 0.297. The van der Waals surface area contributed by atoms with E-state index in [0.29, 0.717) is 35.5 Å². The van der Waals surface area contributed by atoms with E-state index in [1.807, 2.05) is 0 Å². The number of nitrogens with one attached hydrogen (secondary N) is 3.